The van der Waals surface area contributed by atoms with E-state index >= 15 is 0 Å². The van der Waals surface area contributed by atoms with E-state index in [4.69, 9.17) is 5.73 Å². The molecule has 1 heterocycles. The van der Waals surface area contributed by atoms with Crippen molar-refractivity contribution in [2.75, 3.05) is 18.1 Å². The molecule has 0 bridgehead atoms. The molecule has 0 aliphatic carbocycles. The Morgan fingerprint density at radius 1 is 1.43 bits per heavy atom. The van der Waals surface area contributed by atoms with E-state index in [-0.39, 0.29) is 0 Å². The molecule has 1 aromatic rings. The topological polar surface area (TPSA) is 26.0 Å². The minimum atomic E-state index is 0.655. The lowest BCUT2D eigenvalue weighted by Crippen LogP contribution is -2.20. The monoisotopic (exact) mass is 271 g/mol. The third-order valence-corrected chi connectivity index (χ3v) is 4.53. The SMILES string of the molecule is NCC1CSCC1c1cccc(Br)c1. The quantitative estimate of drug-likeness (QED) is 0.896. The molecule has 1 aromatic carbocycles. The summed E-state index contributed by atoms with van der Waals surface area (Å²) in [7, 11) is 0. The van der Waals surface area contributed by atoms with E-state index < -0.39 is 0 Å². The minimum Gasteiger partial charge on any atom is -0.330 e. The lowest BCUT2D eigenvalue weighted by molar-refractivity contribution is 0.534. The van der Waals surface area contributed by atoms with Crippen molar-refractivity contribution in [3.63, 3.8) is 0 Å². The molecule has 2 N–H and O–H groups in total. The van der Waals surface area contributed by atoms with Crippen LogP contribution in [0.1, 0.15) is 11.5 Å². The van der Waals surface area contributed by atoms with Gasteiger partial charge in [-0.3, -0.25) is 0 Å². The first kappa shape index (κ1) is 10.5. The van der Waals surface area contributed by atoms with Crippen LogP contribution in [-0.4, -0.2) is 18.1 Å². The molecular formula is C11H14BrNS. The number of halogens is 1. The fourth-order valence-electron chi connectivity index (χ4n) is 1.94. The van der Waals surface area contributed by atoms with E-state index in [1.807, 2.05) is 11.8 Å². The highest BCUT2D eigenvalue weighted by Gasteiger charge is 2.27. The maximum absolute atomic E-state index is 5.77. The average molecular weight is 272 g/mol. The van der Waals surface area contributed by atoms with Crippen molar-refractivity contribution in [3.8, 4) is 0 Å². The molecule has 0 saturated carbocycles. The molecule has 2 rings (SSSR count). The summed E-state index contributed by atoms with van der Waals surface area (Å²) in [6.45, 7) is 0.810. The normalized spacial score (nSPS) is 26.7. The van der Waals surface area contributed by atoms with E-state index in [1.54, 1.807) is 0 Å². The molecule has 1 aliphatic rings. The van der Waals surface area contributed by atoms with E-state index in [0.717, 1.165) is 6.54 Å². The van der Waals surface area contributed by atoms with Gasteiger partial charge in [0.15, 0.2) is 0 Å². The van der Waals surface area contributed by atoms with E-state index in [0.29, 0.717) is 11.8 Å². The van der Waals surface area contributed by atoms with Crippen LogP contribution in [0.5, 0.6) is 0 Å². The summed E-state index contributed by atoms with van der Waals surface area (Å²) >= 11 is 5.53. The highest BCUT2D eigenvalue weighted by atomic mass is 79.9. The second-order valence-electron chi connectivity index (χ2n) is 3.69. The van der Waals surface area contributed by atoms with Crippen molar-refractivity contribution in [1.82, 2.24) is 0 Å². The van der Waals surface area contributed by atoms with E-state index in [1.165, 1.54) is 21.5 Å². The van der Waals surface area contributed by atoms with Crippen molar-refractivity contribution in [1.29, 1.82) is 0 Å². The molecule has 14 heavy (non-hydrogen) atoms. The largest absolute Gasteiger partial charge is 0.330 e. The first-order valence-corrected chi connectivity index (χ1v) is 6.79. The number of thioether (sulfide) groups is 1. The van der Waals surface area contributed by atoms with Gasteiger partial charge in [-0.05, 0) is 41.8 Å². The molecule has 3 heteroatoms. The van der Waals surface area contributed by atoms with Crippen LogP contribution in [0, 0.1) is 5.92 Å². The van der Waals surface area contributed by atoms with Crippen LogP contribution in [0.4, 0.5) is 0 Å². The van der Waals surface area contributed by atoms with Crippen molar-refractivity contribution >= 4 is 27.7 Å². The van der Waals surface area contributed by atoms with Gasteiger partial charge in [-0.25, -0.2) is 0 Å². The molecule has 2 unspecified atom stereocenters. The number of hydrogen-bond donors (Lipinski definition) is 1. The van der Waals surface area contributed by atoms with Gasteiger partial charge in [0.25, 0.3) is 0 Å². The summed E-state index contributed by atoms with van der Waals surface area (Å²) in [5.41, 5.74) is 7.20. The molecule has 1 aliphatic heterocycles. The Bertz CT molecular complexity index is 316. The highest BCUT2D eigenvalue weighted by Crippen LogP contribution is 2.37. The van der Waals surface area contributed by atoms with Crippen molar-refractivity contribution in [2.45, 2.75) is 5.92 Å². The molecule has 0 spiro atoms. The molecule has 0 amide bonds. The van der Waals surface area contributed by atoms with Crippen LogP contribution in [0.3, 0.4) is 0 Å². The average Bonchev–Trinajstić information content (AvgIpc) is 2.65. The molecule has 1 saturated heterocycles. The van der Waals surface area contributed by atoms with Gasteiger partial charge in [0.05, 0.1) is 0 Å². The van der Waals surface area contributed by atoms with E-state index in [2.05, 4.69) is 40.2 Å². The number of rotatable bonds is 2. The molecule has 1 nitrogen and oxygen atoms in total. The van der Waals surface area contributed by atoms with Gasteiger partial charge in [-0.15, -0.1) is 0 Å². The molecular weight excluding hydrogens is 258 g/mol. The van der Waals surface area contributed by atoms with Crippen LogP contribution < -0.4 is 5.73 Å². The second-order valence-corrected chi connectivity index (χ2v) is 5.69. The van der Waals surface area contributed by atoms with Crippen LogP contribution in [-0.2, 0) is 0 Å². The Morgan fingerprint density at radius 2 is 2.29 bits per heavy atom. The first-order chi connectivity index (χ1) is 6.81. The van der Waals surface area contributed by atoms with Gasteiger partial charge in [-0.1, -0.05) is 28.1 Å². The summed E-state index contributed by atoms with van der Waals surface area (Å²) in [6.07, 6.45) is 0. The maximum Gasteiger partial charge on any atom is 0.0178 e. The van der Waals surface area contributed by atoms with Crippen LogP contribution >= 0.6 is 27.7 Å². The Hall–Kier alpha value is 0.01000. The Kier molecular flexibility index (Phi) is 3.52. The third kappa shape index (κ3) is 2.15. The van der Waals surface area contributed by atoms with E-state index in [9.17, 15) is 0 Å². The van der Waals surface area contributed by atoms with Crippen molar-refractivity contribution in [3.05, 3.63) is 34.3 Å². The van der Waals surface area contributed by atoms with Gasteiger partial charge >= 0.3 is 0 Å². The smallest absolute Gasteiger partial charge is 0.0178 e. The third-order valence-electron chi connectivity index (χ3n) is 2.78. The zero-order chi connectivity index (χ0) is 9.97. The van der Waals surface area contributed by atoms with Crippen LogP contribution in [0.2, 0.25) is 0 Å². The standard InChI is InChI=1S/C11H14BrNS/c12-10-3-1-2-8(4-10)11-7-14-6-9(11)5-13/h1-4,9,11H,5-7,13H2. The Labute approximate surface area is 97.6 Å². The summed E-state index contributed by atoms with van der Waals surface area (Å²) < 4.78 is 1.17. The van der Waals surface area contributed by atoms with Gasteiger partial charge in [0.2, 0.25) is 0 Å². The molecule has 76 valence electrons. The zero-order valence-corrected chi connectivity index (χ0v) is 10.4. The summed E-state index contributed by atoms with van der Waals surface area (Å²) in [5, 5.41) is 0. The van der Waals surface area contributed by atoms with Crippen LogP contribution in [0.25, 0.3) is 0 Å². The lowest BCUT2D eigenvalue weighted by atomic mass is 9.89. The van der Waals surface area contributed by atoms with Gasteiger partial charge in [-0.2, -0.15) is 11.8 Å². The van der Waals surface area contributed by atoms with Gasteiger partial charge < -0.3 is 5.73 Å². The van der Waals surface area contributed by atoms with Gasteiger partial charge in [0.1, 0.15) is 0 Å². The molecule has 0 aromatic heterocycles. The fraction of sp³-hybridized carbons (Fsp3) is 0.455. The van der Waals surface area contributed by atoms with Gasteiger partial charge in [0, 0.05) is 10.2 Å². The zero-order valence-electron chi connectivity index (χ0n) is 7.95. The first-order valence-electron chi connectivity index (χ1n) is 4.84. The lowest BCUT2D eigenvalue weighted by Gasteiger charge is -2.17. The van der Waals surface area contributed by atoms with Crippen LogP contribution in [0.15, 0.2) is 28.7 Å². The fourth-order valence-corrected chi connectivity index (χ4v) is 3.88. The summed E-state index contributed by atoms with van der Waals surface area (Å²) in [6, 6.07) is 8.61. The highest BCUT2D eigenvalue weighted by molar-refractivity contribution is 9.10. The Balaban J connectivity index is 2.21. The van der Waals surface area contributed by atoms with Crippen molar-refractivity contribution in [2.24, 2.45) is 11.7 Å². The molecule has 0 radical (unpaired) electrons. The number of benzene rings is 1. The molecule has 2 atom stereocenters. The maximum atomic E-state index is 5.77. The predicted molar refractivity (Wildman–Crippen MR) is 66.8 cm³/mol. The predicted octanol–water partition coefficient (Wildman–Crippen LogP) is 2.85. The van der Waals surface area contributed by atoms with Crippen molar-refractivity contribution < 1.29 is 0 Å². The minimum absolute atomic E-state index is 0.655. The molecule has 1 fully saturated rings. The Morgan fingerprint density at radius 3 is 3.00 bits per heavy atom. The second kappa shape index (κ2) is 4.69. The number of hydrogen-bond acceptors (Lipinski definition) is 2. The number of nitrogens with two attached hydrogens (primary N) is 1. The summed E-state index contributed by atoms with van der Waals surface area (Å²) in [4.78, 5) is 0. The summed E-state index contributed by atoms with van der Waals surface area (Å²) in [5.74, 6) is 3.75.